The Morgan fingerprint density at radius 1 is 1.44 bits per heavy atom. The molecule has 0 unspecified atom stereocenters. The smallest absolute Gasteiger partial charge is 0.321 e. The second-order valence-corrected chi connectivity index (χ2v) is 4.46. The topological polar surface area (TPSA) is 84.2 Å². The molecule has 3 amide bonds. The van der Waals surface area contributed by atoms with Crippen LogP contribution in [0.2, 0.25) is 0 Å². The molecular formula is C12H15N3O2S. The normalized spacial score (nSPS) is 9.56. The molecule has 4 N–H and O–H groups in total. The van der Waals surface area contributed by atoms with Crippen LogP contribution in [0.3, 0.4) is 0 Å². The Bertz CT molecular complexity index is 449. The van der Waals surface area contributed by atoms with Crippen molar-refractivity contribution in [2.45, 2.75) is 4.90 Å². The first-order valence-electron chi connectivity index (χ1n) is 5.28. The maximum Gasteiger partial charge on any atom is 0.321 e. The van der Waals surface area contributed by atoms with Crippen LogP contribution in [-0.2, 0) is 4.79 Å². The van der Waals surface area contributed by atoms with Crippen molar-refractivity contribution in [2.75, 3.05) is 18.0 Å². The highest BCUT2D eigenvalue weighted by Gasteiger charge is 2.07. The molecule has 1 aromatic carbocycles. The molecule has 96 valence electrons. The van der Waals surface area contributed by atoms with Gasteiger partial charge >= 0.3 is 6.03 Å². The van der Waals surface area contributed by atoms with Crippen LogP contribution in [0.5, 0.6) is 0 Å². The van der Waals surface area contributed by atoms with Crippen molar-refractivity contribution in [1.29, 1.82) is 0 Å². The molecular weight excluding hydrogens is 250 g/mol. The average Bonchev–Trinajstić information content (AvgIpc) is 2.34. The molecule has 0 radical (unpaired) electrons. The molecule has 0 heterocycles. The zero-order chi connectivity index (χ0) is 13.4. The van der Waals surface area contributed by atoms with Crippen molar-refractivity contribution in [2.24, 2.45) is 0 Å². The quantitative estimate of drug-likeness (QED) is 0.426. The monoisotopic (exact) mass is 265 g/mol. The predicted octanol–water partition coefficient (Wildman–Crippen LogP) is 1.37. The second-order valence-electron chi connectivity index (χ2n) is 3.41. The van der Waals surface area contributed by atoms with Gasteiger partial charge in [0.25, 0.3) is 0 Å². The lowest BCUT2D eigenvalue weighted by Gasteiger charge is -2.05. The number of carbonyl (C=O) groups is 2. The number of amides is 3. The van der Waals surface area contributed by atoms with E-state index in [4.69, 9.17) is 5.73 Å². The van der Waals surface area contributed by atoms with Gasteiger partial charge in [-0.2, -0.15) is 0 Å². The van der Waals surface area contributed by atoms with E-state index in [-0.39, 0.29) is 11.7 Å². The summed E-state index contributed by atoms with van der Waals surface area (Å²) in [4.78, 5) is 23.5. The van der Waals surface area contributed by atoms with Gasteiger partial charge in [0.15, 0.2) is 0 Å². The zero-order valence-corrected chi connectivity index (χ0v) is 10.6. The molecule has 0 aromatic heterocycles. The van der Waals surface area contributed by atoms with Gasteiger partial charge in [0.1, 0.15) is 0 Å². The maximum atomic E-state index is 11.4. The molecule has 18 heavy (non-hydrogen) atoms. The molecule has 0 bridgehead atoms. The fourth-order valence-corrected chi connectivity index (χ4v) is 1.89. The van der Waals surface area contributed by atoms with E-state index < -0.39 is 6.03 Å². The summed E-state index contributed by atoms with van der Waals surface area (Å²) >= 11 is 1.32. The average molecular weight is 265 g/mol. The van der Waals surface area contributed by atoms with Gasteiger partial charge in [0.05, 0.1) is 5.75 Å². The summed E-state index contributed by atoms with van der Waals surface area (Å²) in [7, 11) is 0. The van der Waals surface area contributed by atoms with Gasteiger partial charge in [0.2, 0.25) is 5.91 Å². The third-order valence-corrected chi connectivity index (χ3v) is 2.88. The van der Waals surface area contributed by atoms with Crippen molar-refractivity contribution in [3.63, 3.8) is 0 Å². The summed E-state index contributed by atoms with van der Waals surface area (Å²) in [5, 5.41) is 4.66. The number of rotatable bonds is 5. The minimum atomic E-state index is -0.520. The zero-order valence-electron chi connectivity index (χ0n) is 9.81. The third-order valence-electron chi connectivity index (χ3n) is 1.89. The molecule has 6 heteroatoms. The van der Waals surface area contributed by atoms with Crippen LogP contribution in [-0.4, -0.2) is 24.2 Å². The van der Waals surface area contributed by atoms with E-state index in [2.05, 4.69) is 17.2 Å². The van der Waals surface area contributed by atoms with Gasteiger partial charge < -0.3 is 11.1 Å². The molecule has 0 saturated carbocycles. The van der Waals surface area contributed by atoms with Gasteiger partial charge in [-0.3, -0.25) is 10.1 Å². The van der Waals surface area contributed by atoms with Crippen LogP contribution < -0.4 is 16.4 Å². The summed E-state index contributed by atoms with van der Waals surface area (Å²) in [5.74, 6) is -0.200. The van der Waals surface area contributed by atoms with Crippen LogP contribution in [0.4, 0.5) is 10.5 Å². The molecule has 0 spiro atoms. The van der Waals surface area contributed by atoms with Crippen molar-refractivity contribution >= 4 is 29.4 Å². The van der Waals surface area contributed by atoms with Crippen molar-refractivity contribution < 1.29 is 9.59 Å². The Morgan fingerprint density at radius 3 is 2.89 bits per heavy atom. The standard InChI is InChI=1S/C12H15N3O2S/c1-2-6-14-12(17)15-11(16)8-18-10-5-3-4-9(13)7-10/h2-5,7H,1,6,8,13H2,(H2,14,15,16,17). The number of imide groups is 1. The van der Waals surface area contributed by atoms with E-state index >= 15 is 0 Å². The molecule has 5 nitrogen and oxygen atoms in total. The van der Waals surface area contributed by atoms with E-state index in [1.807, 2.05) is 12.1 Å². The number of nitrogens with one attached hydrogen (secondary N) is 2. The molecule has 0 aliphatic rings. The van der Waals surface area contributed by atoms with E-state index in [1.165, 1.54) is 17.8 Å². The van der Waals surface area contributed by atoms with Gasteiger partial charge in [-0.15, -0.1) is 18.3 Å². The lowest BCUT2D eigenvalue weighted by atomic mass is 10.3. The van der Waals surface area contributed by atoms with Crippen LogP contribution in [0.15, 0.2) is 41.8 Å². The van der Waals surface area contributed by atoms with E-state index in [0.29, 0.717) is 12.2 Å². The Labute approximate surface area is 110 Å². The Morgan fingerprint density at radius 2 is 2.22 bits per heavy atom. The lowest BCUT2D eigenvalue weighted by molar-refractivity contribution is -0.117. The maximum absolute atomic E-state index is 11.4. The highest BCUT2D eigenvalue weighted by atomic mass is 32.2. The van der Waals surface area contributed by atoms with E-state index in [0.717, 1.165) is 4.90 Å². The van der Waals surface area contributed by atoms with E-state index in [1.54, 1.807) is 12.1 Å². The molecule has 0 saturated heterocycles. The van der Waals surface area contributed by atoms with Crippen LogP contribution in [0, 0.1) is 0 Å². The second kappa shape index (κ2) is 7.39. The number of nitrogens with two attached hydrogens (primary N) is 1. The first-order valence-corrected chi connectivity index (χ1v) is 6.27. The summed E-state index contributed by atoms with van der Waals surface area (Å²) < 4.78 is 0. The number of nitrogen functional groups attached to an aromatic ring is 1. The Balaban J connectivity index is 2.33. The number of urea groups is 1. The van der Waals surface area contributed by atoms with Gasteiger partial charge in [-0.25, -0.2) is 4.79 Å². The van der Waals surface area contributed by atoms with Gasteiger partial charge in [0, 0.05) is 17.1 Å². The summed E-state index contributed by atoms with van der Waals surface area (Å²) in [6, 6.07) is 6.69. The van der Waals surface area contributed by atoms with Gasteiger partial charge in [-0.1, -0.05) is 12.1 Å². The summed E-state index contributed by atoms with van der Waals surface area (Å²) in [5.41, 5.74) is 6.26. The lowest BCUT2D eigenvalue weighted by Crippen LogP contribution is -2.40. The summed E-state index contributed by atoms with van der Waals surface area (Å²) in [6.45, 7) is 3.77. The number of hydrogen-bond donors (Lipinski definition) is 3. The number of thioether (sulfide) groups is 1. The van der Waals surface area contributed by atoms with Crippen LogP contribution >= 0.6 is 11.8 Å². The fraction of sp³-hybridized carbons (Fsp3) is 0.167. The van der Waals surface area contributed by atoms with Crippen molar-refractivity contribution in [1.82, 2.24) is 10.6 Å². The predicted molar refractivity (Wildman–Crippen MR) is 73.3 cm³/mol. The van der Waals surface area contributed by atoms with Crippen LogP contribution in [0.1, 0.15) is 0 Å². The molecule has 0 aliphatic carbocycles. The number of benzene rings is 1. The molecule has 0 atom stereocenters. The SMILES string of the molecule is C=CCNC(=O)NC(=O)CSc1cccc(N)c1. The highest BCUT2D eigenvalue weighted by molar-refractivity contribution is 8.00. The van der Waals surface area contributed by atoms with E-state index in [9.17, 15) is 9.59 Å². The number of anilines is 1. The third kappa shape index (κ3) is 5.40. The first-order chi connectivity index (χ1) is 8.61. The fourth-order valence-electron chi connectivity index (χ4n) is 1.12. The number of hydrogen-bond acceptors (Lipinski definition) is 4. The first kappa shape index (κ1) is 14.1. The van der Waals surface area contributed by atoms with Gasteiger partial charge in [-0.05, 0) is 18.2 Å². The largest absolute Gasteiger partial charge is 0.399 e. The number of carbonyl (C=O) groups excluding carboxylic acids is 2. The Kier molecular flexibility index (Phi) is 5.79. The van der Waals surface area contributed by atoms with Crippen LogP contribution in [0.25, 0.3) is 0 Å². The molecule has 1 rings (SSSR count). The summed E-state index contributed by atoms with van der Waals surface area (Å²) in [6.07, 6.45) is 1.53. The minimum absolute atomic E-state index is 0.158. The highest BCUT2D eigenvalue weighted by Crippen LogP contribution is 2.19. The molecule has 0 aliphatic heterocycles. The Hall–Kier alpha value is -1.95. The van der Waals surface area contributed by atoms with Crippen molar-refractivity contribution in [3.05, 3.63) is 36.9 Å². The minimum Gasteiger partial charge on any atom is -0.399 e. The molecule has 0 fully saturated rings. The van der Waals surface area contributed by atoms with Crippen molar-refractivity contribution in [3.8, 4) is 0 Å². The molecule has 1 aromatic rings.